The summed E-state index contributed by atoms with van der Waals surface area (Å²) in [6.07, 6.45) is -4.28. The second-order valence-corrected chi connectivity index (χ2v) is 5.61. The van der Waals surface area contributed by atoms with Gasteiger partial charge < -0.3 is 5.32 Å². The number of halogens is 3. The first kappa shape index (κ1) is 14.1. The Bertz CT molecular complexity index is 543. The van der Waals surface area contributed by atoms with Crippen LogP contribution in [0.2, 0.25) is 0 Å². The van der Waals surface area contributed by atoms with E-state index >= 15 is 0 Å². The molecule has 0 saturated carbocycles. The number of benzene rings is 1. The number of thiophene rings is 1. The van der Waals surface area contributed by atoms with E-state index in [2.05, 4.69) is 5.32 Å². The summed E-state index contributed by atoms with van der Waals surface area (Å²) >= 11 is 1.64. The summed E-state index contributed by atoms with van der Waals surface area (Å²) in [6.45, 7) is 2.01. The van der Waals surface area contributed by atoms with Gasteiger partial charge in [0, 0.05) is 9.75 Å². The molecule has 0 aliphatic carbocycles. The minimum Gasteiger partial charge on any atom is -0.309 e. The van der Waals surface area contributed by atoms with Crippen molar-refractivity contribution in [3.8, 4) is 0 Å². The van der Waals surface area contributed by atoms with Crippen LogP contribution < -0.4 is 5.32 Å². The molecule has 0 amide bonds. The summed E-state index contributed by atoms with van der Waals surface area (Å²) in [5, 5.41) is 3.14. The summed E-state index contributed by atoms with van der Waals surface area (Å²) in [7, 11) is 1.80. The van der Waals surface area contributed by atoms with Crippen LogP contribution in [0.4, 0.5) is 13.2 Å². The monoisotopic (exact) mass is 285 g/mol. The summed E-state index contributed by atoms with van der Waals surface area (Å²) in [5.74, 6) is 0. The van der Waals surface area contributed by atoms with Gasteiger partial charge in [0.05, 0.1) is 11.6 Å². The van der Waals surface area contributed by atoms with Gasteiger partial charge in [-0.3, -0.25) is 0 Å². The Hall–Kier alpha value is -1.33. The molecule has 2 aromatic rings. The zero-order valence-electron chi connectivity index (χ0n) is 10.6. The lowest BCUT2D eigenvalue weighted by molar-refractivity contribution is -0.137. The highest BCUT2D eigenvalue weighted by Crippen LogP contribution is 2.32. The zero-order chi connectivity index (χ0) is 14.0. The highest BCUT2D eigenvalue weighted by molar-refractivity contribution is 7.12. The van der Waals surface area contributed by atoms with Gasteiger partial charge in [-0.2, -0.15) is 13.2 Å². The third kappa shape index (κ3) is 3.16. The van der Waals surface area contributed by atoms with E-state index in [0.717, 1.165) is 22.6 Å². The van der Waals surface area contributed by atoms with E-state index in [-0.39, 0.29) is 6.04 Å². The van der Waals surface area contributed by atoms with Gasteiger partial charge in [0.25, 0.3) is 0 Å². The fourth-order valence-electron chi connectivity index (χ4n) is 1.95. The van der Waals surface area contributed by atoms with Crippen molar-refractivity contribution >= 4 is 11.3 Å². The number of nitrogens with one attached hydrogen (secondary N) is 1. The molecule has 0 aliphatic rings. The van der Waals surface area contributed by atoms with Crippen molar-refractivity contribution in [2.45, 2.75) is 19.1 Å². The molecule has 0 aliphatic heterocycles. The van der Waals surface area contributed by atoms with Gasteiger partial charge >= 0.3 is 6.18 Å². The lowest BCUT2D eigenvalue weighted by Crippen LogP contribution is -2.16. The molecule has 0 spiro atoms. The second kappa shape index (κ2) is 5.35. The van der Waals surface area contributed by atoms with Gasteiger partial charge in [0.2, 0.25) is 0 Å². The third-order valence-electron chi connectivity index (χ3n) is 2.91. The number of hydrogen-bond donors (Lipinski definition) is 1. The third-order valence-corrected chi connectivity index (χ3v) is 3.97. The van der Waals surface area contributed by atoms with Crippen LogP contribution in [-0.2, 0) is 6.18 Å². The topological polar surface area (TPSA) is 12.0 Å². The fraction of sp³-hybridized carbons (Fsp3) is 0.286. The summed E-state index contributed by atoms with van der Waals surface area (Å²) < 4.78 is 37.5. The Morgan fingerprint density at radius 2 is 1.68 bits per heavy atom. The fourth-order valence-corrected chi connectivity index (χ4v) is 2.96. The zero-order valence-corrected chi connectivity index (χ0v) is 11.4. The predicted molar refractivity (Wildman–Crippen MR) is 71.4 cm³/mol. The summed E-state index contributed by atoms with van der Waals surface area (Å²) in [5.41, 5.74) is 0.214. The molecular formula is C14H14F3NS. The van der Waals surface area contributed by atoms with Crippen molar-refractivity contribution in [2.24, 2.45) is 0 Å². The van der Waals surface area contributed by atoms with Crippen LogP contribution in [-0.4, -0.2) is 7.05 Å². The molecular weight excluding hydrogens is 271 g/mol. The normalized spacial score (nSPS) is 13.5. The summed E-state index contributed by atoms with van der Waals surface area (Å²) in [6, 6.07) is 9.24. The molecule has 1 heterocycles. The Morgan fingerprint density at radius 3 is 2.11 bits per heavy atom. The van der Waals surface area contributed by atoms with E-state index in [1.165, 1.54) is 17.0 Å². The maximum absolute atomic E-state index is 12.5. The maximum atomic E-state index is 12.5. The van der Waals surface area contributed by atoms with Crippen LogP contribution >= 0.6 is 11.3 Å². The number of alkyl halides is 3. The second-order valence-electron chi connectivity index (χ2n) is 4.29. The lowest BCUT2D eigenvalue weighted by atomic mass is 10.0. The number of aryl methyl sites for hydroxylation is 1. The Morgan fingerprint density at radius 1 is 1.05 bits per heavy atom. The summed E-state index contributed by atoms with van der Waals surface area (Å²) in [4.78, 5) is 2.28. The lowest BCUT2D eigenvalue weighted by Gasteiger charge is -2.16. The molecule has 19 heavy (non-hydrogen) atoms. The van der Waals surface area contributed by atoms with Crippen LogP contribution in [0.25, 0.3) is 0 Å². The molecule has 5 heteroatoms. The van der Waals surface area contributed by atoms with E-state index in [9.17, 15) is 13.2 Å². The Labute approximate surface area is 114 Å². The molecule has 0 fully saturated rings. The molecule has 1 aromatic heterocycles. The van der Waals surface area contributed by atoms with Crippen molar-refractivity contribution in [3.05, 3.63) is 57.3 Å². The number of hydrogen-bond acceptors (Lipinski definition) is 2. The van der Waals surface area contributed by atoms with Crippen molar-refractivity contribution in [1.82, 2.24) is 5.32 Å². The van der Waals surface area contributed by atoms with E-state index in [4.69, 9.17) is 0 Å². The quantitative estimate of drug-likeness (QED) is 0.882. The van der Waals surface area contributed by atoms with E-state index in [1.54, 1.807) is 18.4 Å². The molecule has 0 bridgehead atoms. The molecule has 0 radical (unpaired) electrons. The van der Waals surface area contributed by atoms with E-state index < -0.39 is 11.7 Å². The van der Waals surface area contributed by atoms with E-state index in [0.29, 0.717) is 0 Å². The first-order valence-corrected chi connectivity index (χ1v) is 6.64. The van der Waals surface area contributed by atoms with Crippen LogP contribution in [0.15, 0.2) is 36.4 Å². The first-order valence-electron chi connectivity index (χ1n) is 5.82. The van der Waals surface area contributed by atoms with Crippen molar-refractivity contribution < 1.29 is 13.2 Å². The maximum Gasteiger partial charge on any atom is 0.416 e. The molecule has 1 aromatic carbocycles. The van der Waals surface area contributed by atoms with Crippen LogP contribution in [0.3, 0.4) is 0 Å². The predicted octanol–water partition coefficient (Wildman–Crippen LogP) is 4.38. The SMILES string of the molecule is CNC(c1ccc(C(F)(F)F)cc1)c1ccc(C)s1. The van der Waals surface area contributed by atoms with Crippen LogP contribution in [0.5, 0.6) is 0 Å². The van der Waals surface area contributed by atoms with Gasteiger partial charge in [-0.1, -0.05) is 12.1 Å². The van der Waals surface area contributed by atoms with Crippen LogP contribution in [0, 0.1) is 6.92 Å². The average Bonchev–Trinajstić information content (AvgIpc) is 2.76. The van der Waals surface area contributed by atoms with Crippen molar-refractivity contribution in [2.75, 3.05) is 7.05 Å². The molecule has 1 atom stereocenters. The minimum atomic E-state index is -4.28. The minimum absolute atomic E-state index is 0.0685. The van der Waals surface area contributed by atoms with Crippen LogP contribution in [0.1, 0.15) is 26.9 Å². The van der Waals surface area contributed by atoms with Crippen molar-refractivity contribution in [1.29, 1.82) is 0 Å². The highest BCUT2D eigenvalue weighted by Gasteiger charge is 2.30. The van der Waals surface area contributed by atoms with Gasteiger partial charge in [0.15, 0.2) is 0 Å². The number of rotatable bonds is 3. The molecule has 0 saturated heterocycles. The molecule has 1 nitrogen and oxygen atoms in total. The van der Waals surface area contributed by atoms with Gasteiger partial charge in [-0.15, -0.1) is 11.3 Å². The standard InChI is InChI=1S/C14H14F3NS/c1-9-3-8-12(19-9)13(18-2)10-4-6-11(7-5-10)14(15,16)17/h3-8,13,18H,1-2H3. The van der Waals surface area contributed by atoms with Gasteiger partial charge in [-0.25, -0.2) is 0 Å². The molecule has 1 unspecified atom stereocenters. The Kier molecular flexibility index (Phi) is 3.96. The molecule has 2 rings (SSSR count). The smallest absolute Gasteiger partial charge is 0.309 e. The average molecular weight is 285 g/mol. The highest BCUT2D eigenvalue weighted by atomic mass is 32.1. The Balaban J connectivity index is 2.30. The largest absolute Gasteiger partial charge is 0.416 e. The van der Waals surface area contributed by atoms with Gasteiger partial charge in [-0.05, 0) is 43.8 Å². The first-order chi connectivity index (χ1) is 8.91. The van der Waals surface area contributed by atoms with Crippen molar-refractivity contribution in [3.63, 3.8) is 0 Å². The van der Waals surface area contributed by atoms with Gasteiger partial charge in [0.1, 0.15) is 0 Å². The molecule has 1 N–H and O–H groups in total. The van der Waals surface area contributed by atoms with E-state index in [1.807, 2.05) is 19.1 Å². The molecule has 102 valence electrons.